The Morgan fingerprint density at radius 3 is 1.37 bits per heavy atom. The molecule has 0 fully saturated rings. The molecule has 2 N–H and O–H groups in total. The third kappa shape index (κ3) is 14.6. The molecule has 2 aromatic carbocycles. The van der Waals surface area contributed by atoms with Crippen molar-refractivity contribution in [1.29, 1.82) is 0 Å². The Kier molecular flexibility index (Phi) is 15.2. The van der Waals surface area contributed by atoms with Gasteiger partial charge in [-0.2, -0.15) is 0 Å². The zero-order chi connectivity index (χ0) is 38.5. The number of hydrogen-bond acceptors (Lipinski definition) is 8. The van der Waals surface area contributed by atoms with E-state index in [1.807, 2.05) is 65.8 Å². The fourth-order valence-corrected chi connectivity index (χ4v) is 5.73. The van der Waals surface area contributed by atoms with Gasteiger partial charge in [-0.05, 0) is 110 Å². The van der Waals surface area contributed by atoms with Gasteiger partial charge in [0.1, 0.15) is 23.4 Å². The Labute approximate surface area is 309 Å². The molecule has 52 heavy (non-hydrogen) atoms. The van der Waals surface area contributed by atoms with Gasteiger partial charge in [0.05, 0.1) is 0 Å². The summed E-state index contributed by atoms with van der Waals surface area (Å²) < 4.78 is 22.2. The van der Waals surface area contributed by atoms with Crippen molar-refractivity contribution in [3.63, 3.8) is 0 Å². The van der Waals surface area contributed by atoms with Crippen molar-refractivity contribution in [2.24, 2.45) is 0 Å². The third-order valence-electron chi connectivity index (χ3n) is 7.90. The van der Waals surface area contributed by atoms with Gasteiger partial charge in [-0.25, -0.2) is 19.2 Å². The molecule has 2 aromatic rings. The molecule has 0 saturated heterocycles. The first-order valence-electron chi connectivity index (χ1n) is 18.3. The lowest BCUT2D eigenvalue weighted by Gasteiger charge is -2.29. The number of carbonyl (C=O) groups is 4. The van der Waals surface area contributed by atoms with E-state index in [-0.39, 0.29) is 12.5 Å². The van der Waals surface area contributed by atoms with Crippen LogP contribution in [0.3, 0.4) is 0 Å². The molecule has 12 heteroatoms. The van der Waals surface area contributed by atoms with Crippen LogP contribution in [-0.4, -0.2) is 96.9 Å². The minimum atomic E-state index is -0.671. The van der Waals surface area contributed by atoms with Crippen LogP contribution in [-0.2, 0) is 18.9 Å². The lowest BCUT2D eigenvalue weighted by atomic mass is 9.98. The van der Waals surface area contributed by atoms with Crippen LogP contribution in [0.4, 0.5) is 19.2 Å². The molecular formula is C40H60N4O8. The van der Waals surface area contributed by atoms with E-state index in [0.29, 0.717) is 65.0 Å². The lowest BCUT2D eigenvalue weighted by Crippen LogP contribution is -2.41. The predicted molar refractivity (Wildman–Crippen MR) is 201 cm³/mol. The number of alkyl carbamates (subject to hydrolysis) is 2. The van der Waals surface area contributed by atoms with E-state index in [4.69, 9.17) is 18.9 Å². The molecule has 12 nitrogen and oxygen atoms in total. The highest BCUT2D eigenvalue weighted by molar-refractivity contribution is 5.79. The Morgan fingerprint density at radius 1 is 0.558 bits per heavy atom. The first-order chi connectivity index (χ1) is 24.3. The quantitative estimate of drug-likeness (QED) is 0.139. The van der Waals surface area contributed by atoms with Crippen molar-refractivity contribution in [3.8, 4) is 11.1 Å². The second kappa shape index (κ2) is 18.8. The van der Waals surface area contributed by atoms with Crippen LogP contribution in [0.25, 0.3) is 11.1 Å². The van der Waals surface area contributed by atoms with Gasteiger partial charge in [-0.1, -0.05) is 48.5 Å². The van der Waals surface area contributed by atoms with Crippen LogP contribution in [0, 0.1) is 0 Å². The molecule has 4 amide bonds. The van der Waals surface area contributed by atoms with Crippen molar-refractivity contribution in [1.82, 2.24) is 20.4 Å². The van der Waals surface area contributed by atoms with Gasteiger partial charge in [-0.15, -0.1) is 0 Å². The summed E-state index contributed by atoms with van der Waals surface area (Å²) in [4.78, 5) is 54.0. The van der Waals surface area contributed by atoms with Crippen LogP contribution in [0.15, 0.2) is 48.5 Å². The van der Waals surface area contributed by atoms with Crippen molar-refractivity contribution >= 4 is 24.4 Å². The summed E-state index contributed by atoms with van der Waals surface area (Å²) in [5.41, 5.74) is 2.70. The number of rotatable bonds is 15. The number of carbonyl (C=O) groups excluding carboxylic acids is 4. The van der Waals surface area contributed by atoms with E-state index < -0.39 is 41.2 Å². The summed E-state index contributed by atoms with van der Waals surface area (Å²) in [6, 6.07) is 16.4. The zero-order valence-corrected chi connectivity index (χ0v) is 32.6. The molecule has 1 aliphatic carbocycles. The van der Waals surface area contributed by atoms with E-state index >= 15 is 0 Å². The first-order valence-corrected chi connectivity index (χ1v) is 18.3. The molecule has 288 valence electrons. The lowest BCUT2D eigenvalue weighted by molar-refractivity contribution is 0.0207. The molecule has 0 heterocycles. The molecule has 0 unspecified atom stereocenters. The van der Waals surface area contributed by atoms with Gasteiger partial charge >= 0.3 is 24.4 Å². The normalized spacial score (nSPS) is 12.6. The third-order valence-corrected chi connectivity index (χ3v) is 7.90. The van der Waals surface area contributed by atoms with Gasteiger partial charge in [0, 0.05) is 45.2 Å². The molecule has 0 atom stereocenters. The van der Waals surface area contributed by atoms with E-state index in [1.165, 1.54) is 11.1 Å². The largest absolute Gasteiger partial charge is 0.449 e. The first kappa shape index (κ1) is 41.9. The van der Waals surface area contributed by atoms with E-state index in [9.17, 15) is 19.2 Å². The fourth-order valence-electron chi connectivity index (χ4n) is 5.73. The number of hydrogen-bond donors (Lipinski definition) is 2. The Balaban J connectivity index is 1.48. The molecule has 1 aliphatic rings. The average Bonchev–Trinajstić information content (AvgIpc) is 3.34. The van der Waals surface area contributed by atoms with Crippen molar-refractivity contribution < 1.29 is 38.1 Å². The number of fused-ring (bicyclic) bond motifs is 3. The van der Waals surface area contributed by atoms with Gasteiger partial charge in [0.15, 0.2) is 0 Å². The predicted octanol–water partition coefficient (Wildman–Crippen LogP) is 8.08. The maximum absolute atomic E-state index is 13.1. The summed E-state index contributed by atoms with van der Waals surface area (Å²) in [6.45, 7) is 18.7. The zero-order valence-electron chi connectivity index (χ0n) is 32.6. The Hall–Kier alpha value is -4.48. The molecule has 0 spiro atoms. The summed E-state index contributed by atoms with van der Waals surface area (Å²) in [5, 5.41) is 5.54. The minimum absolute atomic E-state index is 0.0269. The standard InChI is InChI=1S/C40H60N4O8/c1-38(2,3)50-35(46)42-23-17-27-44(37(48)52-40(7,8)9)25-15-14-24-43(36(47)51-39(4,5)6)26-16-22-41-34(45)49-28-33-31-20-12-10-18-29(31)30-19-11-13-21-32(30)33/h10-13,18-21,33H,14-17,22-28H2,1-9H3,(H,41,45)(H,42,46). The van der Waals surface area contributed by atoms with Crippen LogP contribution in [0.5, 0.6) is 0 Å². The molecule has 0 bridgehead atoms. The smallest absolute Gasteiger partial charge is 0.410 e. The van der Waals surface area contributed by atoms with Crippen LogP contribution in [0.2, 0.25) is 0 Å². The second-order valence-corrected chi connectivity index (χ2v) is 16.0. The number of ether oxygens (including phenoxy) is 4. The number of unbranched alkanes of at least 4 members (excludes halogenated alkanes) is 1. The van der Waals surface area contributed by atoms with Crippen molar-refractivity contribution in [3.05, 3.63) is 59.7 Å². The summed E-state index contributed by atoms with van der Waals surface area (Å²) in [5.74, 6) is -0.0269. The summed E-state index contributed by atoms with van der Waals surface area (Å²) >= 11 is 0. The maximum Gasteiger partial charge on any atom is 0.410 e. The Bertz CT molecular complexity index is 1450. The van der Waals surface area contributed by atoms with Crippen molar-refractivity contribution in [2.45, 2.75) is 111 Å². The molecule has 0 radical (unpaired) electrons. The molecular weight excluding hydrogens is 664 g/mol. The Morgan fingerprint density at radius 2 is 0.942 bits per heavy atom. The highest BCUT2D eigenvalue weighted by Gasteiger charge is 2.29. The highest BCUT2D eigenvalue weighted by atomic mass is 16.6. The molecule has 0 aliphatic heterocycles. The van der Waals surface area contributed by atoms with Crippen LogP contribution in [0.1, 0.15) is 105 Å². The van der Waals surface area contributed by atoms with Crippen molar-refractivity contribution in [2.75, 3.05) is 45.9 Å². The molecule has 0 saturated carbocycles. The topological polar surface area (TPSA) is 136 Å². The second-order valence-electron chi connectivity index (χ2n) is 16.0. The van der Waals surface area contributed by atoms with E-state index in [2.05, 4.69) is 34.9 Å². The summed E-state index contributed by atoms with van der Waals surface area (Å²) in [6.07, 6.45) is 0.335. The molecule has 3 rings (SSSR count). The van der Waals surface area contributed by atoms with E-state index in [0.717, 1.165) is 11.1 Å². The number of nitrogens with one attached hydrogen (secondary N) is 2. The van der Waals surface area contributed by atoms with Gasteiger partial charge in [0.25, 0.3) is 0 Å². The highest BCUT2D eigenvalue weighted by Crippen LogP contribution is 2.44. The fraction of sp³-hybridized carbons (Fsp3) is 0.600. The maximum atomic E-state index is 13.1. The minimum Gasteiger partial charge on any atom is -0.449 e. The van der Waals surface area contributed by atoms with E-state index in [1.54, 1.807) is 30.6 Å². The number of benzene rings is 2. The monoisotopic (exact) mass is 724 g/mol. The SMILES string of the molecule is CC(C)(C)OC(=O)NCCCN(CCCCN(CCCNC(=O)OCC1c2ccccc2-c2ccccc21)C(=O)OC(C)(C)C)C(=O)OC(C)(C)C. The van der Waals surface area contributed by atoms with Gasteiger partial charge in [-0.3, -0.25) is 0 Å². The van der Waals surface area contributed by atoms with Crippen LogP contribution >= 0.6 is 0 Å². The average molecular weight is 725 g/mol. The number of amides is 4. The van der Waals surface area contributed by atoms with Gasteiger partial charge in [0.2, 0.25) is 0 Å². The van der Waals surface area contributed by atoms with Crippen LogP contribution < -0.4 is 10.6 Å². The molecule has 0 aromatic heterocycles. The summed E-state index contributed by atoms with van der Waals surface area (Å²) in [7, 11) is 0. The van der Waals surface area contributed by atoms with Gasteiger partial charge < -0.3 is 39.4 Å². The number of nitrogens with zero attached hydrogens (tertiary/aromatic N) is 2.